The minimum absolute atomic E-state index is 0.136. The number of benzene rings is 1. The first kappa shape index (κ1) is 22.6. The summed E-state index contributed by atoms with van der Waals surface area (Å²) < 4.78 is 81.3. The van der Waals surface area contributed by atoms with Crippen molar-refractivity contribution < 1.29 is 26.3 Å². The molecule has 0 aliphatic carbocycles. The molecule has 0 amide bonds. The Morgan fingerprint density at radius 3 is 1.94 bits per heavy atom. The summed E-state index contributed by atoms with van der Waals surface area (Å²) in [6, 6.07) is 10.4. The molecule has 1 aromatic carbocycles. The topological polar surface area (TPSA) is 65.1 Å². The van der Waals surface area contributed by atoms with E-state index < -0.39 is 29.3 Å². The molecule has 5 rings (SSSR count). The molecule has 6 nitrogen and oxygen atoms in total. The molecular formula is C23H13F6N5O. The van der Waals surface area contributed by atoms with Gasteiger partial charge in [-0.05, 0) is 47.5 Å². The Bertz CT molecular complexity index is 1670. The molecule has 0 bridgehead atoms. The Hall–Kier alpha value is -4.22. The van der Waals surface area contributed by atoms with Gasteiger partial charge in [0.15, 0.2) is 0 Å². The van der Waals surface area contributed by atoms with Gasteiger partial charge in [0.2, 0.25) is 0 Å². The molecule has 0 spiro atoms. The molecule has 4 aromatic heterocycles. The Kier molecular flexibility index (Phi) is 4.93. The summed E-state index contributed by atoms with van der Waals surface area (Å²) in [6.07, 6.45) is -7.23. The van der Waals surface area contributed by atoms with E-state index in [0.717, 1.165) is 24.5 Å². The van der Waals surface area contributed by atoms with Crippen LogP contribution in [0.15, 0.2) is 65.7 Å². The van der Waals surface area contributed by atoms with Crippen molar-refractivity contribution in [2.24, 2.45) is 7.05 Å². The van der Waals surface area contributed by atoms with Gasteiger partial charge in [-0.1, -0.05) is 6.07 Å². The number of alkyl halides is 6. The molecule has 12 heteroatoms. The molecule has 0 radical (unpaired) electrons. The van der Waals surface area contributed by atoms with Crippen LogP contribution in [0.1, 0.15) is 11.4 Å². The van der Waals surface area contributed by atoms with Gasteiger partial charge in [-0.2, -0.15) is 31.4 Å². The third kappa shape index (κ3) is 3.90. The number of pyridine rings is 2. The van der Waals surface area contributed by atoms with Crippen LogP contribution in [0.25, 0.3) is 38.9 Å². The fourth-order valence-electron chi connectivity index (χ4n) is 3.79. The van der Waals surface area contributed by atoms with Crippen molar-refractivity contribution in [2.75, 3.05) is 0 Å². The van der Waals surface area contributed by atoms with Crippen molar-refractivity contribution in [1.82, 2.24) is 24.1 Å². The average molecular weight is 489 g/mol. The van der Waals surface area contributed by atoms with Crippen molar-refractivity contribution >= 4 is 16.6 Å². The van der Waals surface area contributed by atoms with Crippen LogP contribution in [-0.4, -0.2) is 24.1 Å². The molecule has 0 unspecified atom stereocenters. The summed E-state index contributed by atoms with van der Waals surface area (Å²) in [6.45, 7) is 0. The minimum atomic E-state index is -4.65. The number of hydrogen-bond acceptors (Lipinski definition) is 4. The Morgan fingerprint density at radius 1 is 0.743 bits per heavy atom. The van der Waals surface area contributed by atoms with Crippen LogP contribution in [0.4, 0.5) is 26.3 Å². The van der Waals surface area contributed by atoms with Crippen LogP contribution < -0.4 is 5.56 Å². The number of aryl methyl sites for hydroxylation is 1. The summed E-state index contributed by atoms with van der Waals surface area (Å²) in [7, 11) is 1.49. The van der Waals surface area contributed by atoms with Crippen LogP contribution in [-0.2, 0) is 19.4 Å². The summed E-state index contributed by atoms with van der Waals surface area (Å²) >= 11 is 0. The summed E-state index contributed by atoms with van der Waals surface area (Å²) in [5.74, 6) is 0. The zero-order chi connectivity index (χ0) is 25.1. The Labute approximate surface area is 192 Å². The molecule has 4 heterocycles. The van der Waals surface area contributed by atoms with E-state index in [1.54, 1.807) is 0 Å². The third-order valence-corrected chi connectivity index (χ3v) is 5.53. The molecule has 0 saturated carbocycles. The molecule has 5 aromatic rings. The molecule has 0 aliphatic rings. The van der Waals surface area contributed by atoms with Gasteiger partial charge in [-0.25, -0.2) is 4.52 Å². The van der Waals surface area contributed by atoms with E-state index >= 15 is 0 Å². The highest BCUT2D eigenvalue weighted by Gasteiger charge is 2.33. The van der Waals surface area contributed by atoms with Gasteiger partial charge in [-0.3, -0.25) is 19.3 Å². The smallest absolute Gasteiger partial charge is 0.296 e. The first-order chi connectivity index (χ1) is 16.4. The normalized spacial score (nSPS) is 12.5. The van der Waals surface area contributed by atoms with Crippen molar-refractivity contribution in [3.05, 3.63) is 82.7 Å². The molecule has 0 aliphatic heterocycles. The zero-order valence-electron chi connectivity index (χ0n) is 17.7. The lowest BCUT2D eigenvalue weighted by Crippen LogP contribution is -2.19. The zero-order valence-corrected chi connectivity index (χ0v) is 17.7. The van der Waals surface area contributed by atoms with E-state index in [0.29, 0.717) is 5.56 Å². The molecule has 178 valence electrons. The van der Waals surface area contributed by atoms with Gasteiger partial charge >= 0.3 is 12.4 Å². The lowest BCUT2D eigenvalue weighted by Gasteiger charge is -2.10. The number of aromatic nitrogens is 5. The lowest BCUT2D eigenvalue weighted by molar-refractivity contribution is -0.141. The summed E-state index contributed by atoms with van der Waals surface area (Å²) in [5, 5.41) is 4.63. The predicted octanol–water partition coefficient (Wildman–Crippen LogP) is 5.35. The molecule has 0 N–H and O–H groups in total. The van der Waals surface area contributed by atoms with Crippen LogP contribution in [0.2, 0.25) is 0 Å². The van der Waals surface area contributed by atoms with E-state index in [1.165, 1.54) is 52.5 Å². The van der Waals surface area contributed by atoms with Gasteiger partial charge in [0, 0.05) is 31.1 Å². The second-order valence-corrected chi connectivity index (χ2v) is 7.75. The highest BCUT2D eigenvalue weighted by molar-refractivity contribution is 5.86. The summed E-state index contributed by atoms with van der Waals surface area (Å²) in [4.78, 5) is 19.6. The van der Waals surface area contributed by atoms with E-state index in [-0.39, 0.29) is 33.4 Å². The molecule has 0 fully saturated rings. The van der Waals surface area contributed by atoms with Gasteiger partial charge in [0.25, 0.3) is 5.56 Å². The van der Waals surface area contributed by atoms with Crippen LogP contribution in [0.5, 0.6) is 0 Å². The largest absolute Gasteiger partial charge is 0.433 e. The average Bonchev–Trinajstić information content (AvgIpc) is 3.27. The van der Waals surface area contributed by atoms with Crippen molar-refractivity contribution in [2.45, 2.75) is 12.4 Å². The maximum atomic E-state index is 13.1. The highest BCUT2D eigenvalue weighted by atomic mass is 19.4. The second kappa shape index (κ2) is 7.65. The standard InChI is InChI=1S/C23H13F6N5O/c1-33-20-11-16(14-5-7-31-19(10-14)23(27,28)29)32-34(20)17-8-12(2-3-15(17)21(33)35)13-4-6-30-18(9-13)22(24,25)26/h2-11H,1H3. The Morgan fingerprint density at radius 2 is 1.31 bits per heavy atom. The number of rotatable bonds is 2. The molecule has 35 heavy (non-hydrogen) atoms. The number of hydrogen-bond donors (Lipinski definition) is 0. The summed E-state index contributed by atoms with van der Waals surface area (Å²) in [5.41, 5.74) is -1.10. The fraction of sp³-hybridized carbons (Fsp3) is 0.130. The van der Waals surface area contributed by atoms with Gasteiger partial charge in [-0.15, -0.1) is 0 Å². The number of fused-ring (bicyclic) bond motifs is 3. The monoisotopic (exact) mass is 489 g/mol. The van der Waals surface area contributed by atoms with Crippen LogP contribution in [0, 0.1) is 0 Å². The lowest BCUT2D eigenvalue weighted by atomic mass is 10.0. The fourth-order valence-corrected chi connectivity index (χ4v) is 3.79. The molecule has 0 saturated heterocycles. The van der Waals surface area contributed by atoms with E-state index in [4.69, 9.17) is 0 Å². The van der Waals surface area contributed by atoms with Gasteiger partial charge < -0.3 is 0 Å². The number of nitrogens with zero attached hydrogens (tertiary/aromatic N) is 5. The van der Waals surface area contributed by atoms with Gasteiger partial charge in [0.1, 0.15) is 17.0 Å². The molecular weight excluding hydrogens is 476 g/mol. The van der Waals surface area contributed by atoms with Crippen molar-refractivity contribution in [3.8, 4) is 22.4 Å². The van der Waals surface area contributed by atoms with Gasteiger partial charge in [0.05, 0.1) is 16.6 Å². The predicted molar refractivity (Wildman–Crippen MR) is 114 cm³/mol. The third-order valence-electron chi connectivity index (χ3n) is 5.53. The highest BCUT2D eigenvalue weighted by Crippen LogP contribution is 2.33. The maximum Gasteiger partial charge on any atom is 0.433 e. The quantitative estimate of drug-likeness (QED) is 0.314. The van der Waals surface area contributed by atoms with Crippen molar-refractivity contribution in [1.29, 1.82) is 0 Å². The van der Waals surface area contributed by atoms with Crippen molar-refractivity contribution in [3.63, 3.8) is 0 Å². The van der Waals surface area contributed by atoms with E-state index in [2.05, 4.69) is 15.1 Å². The van der Waals surface area contributed by atoms with E-state index in [1.807, 2.05) is 0 Å². The SMILES string of the molecule is Cn1c(=O)c2ccc(-c3ccnc(C(F)(F)F)c3)cc2n2nc(-c3ccnc(C(F)(F)F)c3)cc12. The number of halogens is 6. The minimum Gasteiger partial charge on any atom is -0.296 e. The maximum absolute atomic E-state index is 13.1. The first-order valence-electron chi connectivity index (χ1n) is 10.0. The molecule has 0 atom stereocenters. The first-order valence-corrected chi connectivity index (χ1v) is 10.0. The van der Waals surface area contributed by atoms with E-state index in [9.17, 15) is 31.1 Å². The Balaban J connectivity index is 1.73. The second-order valence-electron chi connectivity index (χ2n) is 7.75. The van der Waals surface area contributed by atoms with Crippen LogP contribution in [0.3, 0.4) is 0 Å². The van der Waals surface area contributed by atoms with Crippen LogP contribution >= 0.6 is 0 Å².